The zero-order chi connectivity index (χ0) is 21.4. The van der Waals surface area contributed by atoms with Crippen LogP contribution in [0.4, 0.5) is 5.69 Å². The van der Waals surface area contributed by atoms with Crippen molar-refractivity contribution in [3.05, 3.63) is 75.8 Å². The normalized spacial score (nSPS) is 11.7. The number of rotatable bonds is 9. The first kappa shape index (κ1) is 22.1. The Bertz CT molecular complexity index is 852. The van der Waals surface area contributed by atoms with E-state index in [4.69, 9.17) is 0 Å². The van der Waals surface area contributed by atoms with E-state index in [1.165, 1.54) is 11.0 Å². The Morgan fingerprint density at radius 1 is 1.07 bits per heavy atom. The van der Waals surface area contributed by atoms with Gasteiger partial charge >= 0.3 is 0 Å². The van der Waals surface area contributed by atoms with Gasteiger partial charge in [0.1, 0.15) is 6.04 Å². The molecule has 1 atom stereocenters. The van der Waals surface area contributed by atoms with Crippen LogP contribution in [-0.4, -0.2) is 33.7 Å². The fraction of sp³-hybridized carbons (Fsp3) is 0.364. The smallest absolute Gasteiger partial charge is 0.273 e. The molecule has 2 amide bonds. The van der Waals surface area contributed by atoms with Gasteiger partial charge in [-0.25, -0.2) is 0 Å². The summed E-state index contributed by atoms with van der Waals surface area (Å²) in [6.07, 6.45) is 0.295. The van der Waals surface area contributed by atoms with Gasteiger partial charge in [-0.15, -0.1) is 0 Å². The molecule has 0 bridgehead atoms. The summed E-state index contributed by atoms with van der Waals surface area (Å²) in [6.45, 7) is 5.83. The highest BCUT2D eigenvalue weighted by atomic mass is 16.6. The molecule has 1 unspecified atom stereocenters. The van der Waals surface area contributed by atoms with Crippen molar-refractivity contribution < 1.29 is 14.5 Å². The van der Waals surface area contributed by atoms with Crippen molar-refractivity contribution in [1.29, 1.82) is 0 Å². The van der Waals surface area contributed by atoms with E-state index >= 15 is 0 Å². The number of nitro benzene ring substituents is 1. The van der Waals surface area contributed by atoms with Crippen molar-refractivity contribution in [2.24, 2.45) is 0 Å². The van der Waals surface area contributed by atoms with Crippen molar-refractivity contribution in [3.8, 4) is 0 Å². The maximum atomic E-state index is 13.2. The second kappa shape index (κ2) is 10.4. The molecule has 2 aromatic rings. The van der Waals surface area contributed by atoms with Gasteiger partial charge in [-0.2, -0.15) is 0 Å². The van der Waals surface area contributed by atoms with Crippen LogP contribution in [0.15, 0.2) is 54.6 Å². The third-order valence-electron chi connectivity index (χ3n) is 4.54. The number of hydrogen-bond donors (Lipinski definition) is 1. The van der Waals surface area contributed by atoms with Crippen LogP contribution in [0.2, 0.25) is 0 Å². The molecule has 0 radical (unpaired) electrons. The Morgan fingerprint density at radius 2 is 1.69 bits per heavy atom. The number of nitro groups is 1. The molecule has 0 heterocycles. The Kier molecular flexibility index (Phi) is 7.88. The number of benzene rings is 2. The number of amides is 2. The van der Waals surface area contributed by atoms with Crippen LogP contribution in [-0.2, 0) is 22.6 Å². The van der Waals surface area contributed by atoms with Crippen molar-refractivity contribution in [2.75, 3.05) is 0 Å². The van der Waals surface area contributed by atoms with E-state index in [0.717, 1.165) is 5.56 Å². The van der Waals surface area contributed by atoms with Gasteiger partial charge in [-0.05, 0) is 25.8 Å². The Hall–Kier alpha value is -3.22. The summed E-state index contributed by atoms with van der Waals surface area (Å²) in [5.41, 5.74) is 1.12. The lowest BCUT2D eigenvalue weighted by molar-refractivity contribution is -0.385. The average molecular weight is 397 g/mol. The third-order valence-corrected chi connectivity index (χ3v) is 4.54. The zero-order valence-corrected chi connectivity index (χ0v) is 17.0. The minimum Gasteiger partial charge on any atom is -0.352 e. The summed E-state index contributed by atoms with van der Waals surface area (Å²) in [5.74, 6) is -0.553. The van der Waals surface area contributed by atoms with Crippen LogP contribution in [0.5, 0.6) is 0 Å². The Morgan fingerprint density at radius 3 is 2.28 bits per heavy atom. The van der Waals surface area contributed by atoms with Crippen molar-refractivity contribution in [3.63, 3.8) is 0 Å². The lowest BCUT2D eigenvalue weighted by atomic mass is 10.1. The van der Waals surface area contributed by atoms with E-state index < -0.39 is 11.0 Å². The SMILES string of the molecule is CCC(C(=O)NC(C)C)N(Cc1ccccc1)C(=O)Cc1ccccc1[N+](=O)[O-]. The summed E-state index contributed by atoms with van der Waals surface area (Å²) < 4.78 is 0. The van der Waals surface area contributed by atoms with E-state index in [9.17, 15) is 19.7 Å². The fourth-order valence-electron chi connectivity index (χ4n) is 3.18. The van der Waals surface area contributed by atoms with Crippen LogP contribution in [0.1, 0.15) is 38.3 Å². The first-order valence-corrected chi connectivity index (χ1v) is 9.69. The van der Waals surface area contributed by atoms with Crippen molar-refractivity contribution in [1.82, 2.24) is 10.2 Å². The molecule has 0 aromatic heterocycles. The maximum absolute atomic E-state index is 13.2. The lowest BCUT2D eigenvalue weighted by Crippen LogP contribution is -2.50. The highest BCUT2D eigenvalue weighted by Crippen LogP contribution is 2.21. The van der Waals surface area contributed by atoms with Crippen LogP contribution in [0.3, 0.4) is 0 Å². The summed E-state index contributed by atoms with van der Waals surface area (Å²) in [4.78, 5) is 38.3. The number of para-hydroxylation sites is 1. The molecule has 0 aliphatic rings. The Labute approximate surface area is 170 Å². The van der Waals surface area contributed by atoms with Gasteiger partial charge in [-0.3, -0.25) is 19.7 Å². The first-order chi connectivity index (χ1) is 13.8. The minimum absolute atomic E-state index is 0.0551. The summed E-state index contributed by atoms with van der Waals surface area (Å²) in [6, 6.07) is 14.9. The second-order valence-electron chi connectivity index (χ2n) is 7.16. The van der Waals surface area contributed by atoms with Crippen LogP contribution >= 0.6 is 0 Å². The quantitative estimate of drug-likeness (QED) is 0.518. The van der Waals surface area contributed by atoms with Gasteiger partial charge in [0.05, 0.1) is 11.3 Å². The molecular weight excluding hydrogens is 370 g/mol. The molecule has 0 aliphatic carbocycles. The van der Waals surface area contributed by atoms with E-state index in [0.29, 0.717) is 12.0 Å². The summed E-state index contributed by atoms with van der Waals surface area (Å²) >= 11 is 0. The average Bonchev–Trinajstić information content (AvgIpc) is 2.68. The molecule has 7 nitrogen and oxygen atoms in total. The molecule has 7 heteroatoms. The highest BCUT2D eigenvalue weighted by Gasteiger charge is 2.30. The monoisotopic (exact) mass is 397 g/mol. The molecule has 0 fully saturated rings. The molecule has 2 rings (SSSR count). The molecule has 0 saturated carbocycles. The fourth-order valence-corrected chi connectivity index (χ4v) is 3.18. The molecular formula is C22H27N3O4. The number of hydrogen-bond acceptors (Lipinski definition) is 4. The second-order valence-corrected chi connectivity index (χ2v) is 7.16. The standard InChI is InChI=1S/C22H27N3O4/c1-4-19(22(27)23-16(2)3)24(15-17-10-6-5-7-11-17)21(26)14-18-12-8-9-13-20(18)25(28)29/h5-13,16,19H,4,14-15H2,1-3H3,(H,23,27). The number of nitrogens with zero attached hydrogens (tertiary/aromatic N) is 2. The highest BCUT2D eigenvalue weighted by molar-refractivity contribution is 5.89. The zero-order valence-electron chi connectivity index (χ0n) is 17.0. The van der Waals surface area contributed by atoms with E-state index in [2.05, 4.69) is 5.32 Å². The van der Waals surface area contributed by atoms with Crippen LogP contribution < -0.4 is 5.32 Å². The van der Waals surface area contributed by atoms with Gasteiger partial charge in [-0.1, -0.05) is 55.5 Å². The predicted octanol–water partition coefficient (Wildman–Crippen LogP) is 3.47. The van der Waals surface area contributed by atoms with E-state index in [1.54, 1.807) is 18.2 Å². The van der Waals surface area contributed by atoms with Crippen LogP contribution in [0.25, 0.3) is 0 Å². The van der Waals surface area contributed by atoms with Gasteiger partial charge in [0.15, 0.2) is 0 Å². The predicted molar refractivity (Wildman–Crippen MR) is 111 cm³/mol. The molecule has 154 valence electrons. The van der Waals surface area contributed by atoms with Crippen LogP contribution in [0, 0.1) is 10.1 Å². The van der Waals surface area contributed by atoms with Gasteiger partial charge in [0, 0.05) is 24.2 Å². The topological polar surface area (TPSA) is 92.6 Å². The molecule has 29 heavy (non-hydrogen) atoms. The van der Waals surface area contributed by atoms with E-state index in [1.807, 2.05) is 51.1 Å². The first-order valence-electron chi connectivity index (χ1n) is 9.69. The summed E-state index contributed by atoms with van der Waals surface area (Å²) in [7, 11) is 0. The van der Waals surface area contributed by atoms with E-state index in [-0.39, 0.29) is 36.5 Å². The largest absolute Gasteiger partial charge is 0.352 e. The lowest BCUT2D eigenvalue weighted by Gasteiger charge is -2.31. The van der Waals surface area contributed by atoms with Gasteiger partial charge < -0.3 is 10.2 Å². The minimum atomic E-state index is -0.659. The maximum Gasteiger partial charge on any atom is 0.273 e. The van der Waals surface area contributed by atoms with Gasteiger partial charge in [0.25, 0.3) is 5.69 Å². The molecule has 0 aliphatic heterocycles. The Balaban J connectivity index is 2.34. The summed E-state index contributed by atoms with van der Waals surface area (Å²) in [5, 5.41) is 14.2. The molecule has 1 N–H and O–H groups in total. The van der Waals surface area contributed by atoms with Gasteiger partial charge in [0.2, 0.25) is 11.8 Å². The molecule has 0 spiro atoms. The molecule has 0 saturated heterocycles. The van der Waals surface area contributed by atoms with Crippen molar-refractivity contribution >= 4 is 17.5 Å². The number of nitrogens with one attached hydrogen (secondary N) is 1. The number of carbonyl (C=O) groups excluding carboxylic acids is 2. The van der Waals surface area contributed by atoms with Crippen molar-refractivity contribution in [2.45, 2.75) is 52.2 Å². The number of carbonyl (C=O) groups is 2. The molecule has 2 aromatic carbocycles. The third kappa shape index (κ3) is 6.14.